The quantitative estimate of drug-likeness (QED) is 0.823. The molecule has 1 aliphatic rings. The first-order valence-corrected chi connectivity index (χ1v) is 6.05. The molecule has 3 nitrogen and oxygen atoms in total. The molecule has 3 rings (SSSR count). The van der Waals surface area contributed by atoms with E-state index in [0.717, 1.165) is 23.8 Å². The molecule has 0 bridgehead atoms. The van der Waals surface area contributed by atoms with Gasteiger partial charge in [-0.3, -0.25) is 0 Å². The van der Waals surface area contributed by atoms with Crippen LogP contribution >= 0.6 is 11.6 Å². The largest absolute Gasteiger partial charge is 0.316 e. The third-order valence-corrected chi connectivity index (χ3v) is 3.37. The number of aromatic nitrogens is 2. The minimum Gasteiger partial charge on any atom is -0.316 e. The van der Waals surface area contributed by atoms with Crippen LogP contribution < -0.4 is 5.32 Å². The summed E-state index contributed by atoms with van der Waals surface area (Å²) in [5.74, 6) is 0.549. The molecule has 1 fully saturated rings. The van der Waals surface area contributed by atoms with Gasteiger partial charge in [0.25, 0.3) is 0 Å². The molecule has 1 saturated heterocycles. The van der Waals surface area contributed by atoms with E-state index in [-0.39, 0.29) is 0 Å². The van der Waals surface area contributed by atoms with Crippen LogP contribution in [0, 0.1) is 0 Å². The standard InChI is InChI=1S/C12H14ClN3/c13-10-3-4-12-15-11(8-16(12)7-10)9-2-1-5-14-6-9/h3-4,7-9,14H,1-2,5-6H2. The van der Waals surface area contributed by atoms with E-state index in [1.807, 2.05) is 22.7 Å². The second-order valence-electron chi connectivity index (χ2n) is 4.32. The van der Waals surface area contributed by atoms with Gasteiger partial charge in [0.05, 0.1) is 10.7 Å². The van der Waals surface area contributed by atoms with Gasteiger partial charge in [-0.2, -0.15) is 0 Å². The number of rotatable bonds is 1. The highest BCUT2D eigenvalue weighted by Gasteiger charge is 2.17. The summed E-state index contributed by atoms with van der Waals surface area (Å²) in [5, 5.41) is 4.16. The van der Waals surface area contributed by atoms with Crippen LogP contribution in [0.1, 0.15) is 24.5 Å². The fourth-order valence-electron chi connectivity index (χ4n) is 2.29. The monoisotopic (exact) mass is 235 g/mol. The maximum Gasteiger partial charge on any atom is 0.137 e. The zero-order valence-corrected chi connectivity index (χ0v) is 9.74. The van der Waals surface area contributed by atoms with Crippen LogP contribution in [0.3, 0.4) is 0 Å². The topological polar surface area (TPSA) is 29.3 Å². The van der Waals surface area contributed by atoms with Gasteiger partial charge in [-0.15, -0.1) is 0 Å². The Morgan fingerprint density at radius 3 is 3.12 bits per heavy atom. The predicted molar refractivity (Wildman–Crippen MR) is 65.0 cm³/mol. The van der Waals surface area contributed by atoms with E-state index >= 15 is 0 Å². The molecule has 2 aromatic heterocycles. The van der Waals surface area contributed by atoms with Crippen LogP contribution in [-0.4, -0.2) is 22.5 Å². The summed E-state index contributed by atoms with van der Waals surface area (Å²) in [7, 11) is 0. The van der Waals surface area contributed by atoms with Gasteiger partial charge in [0.1, 0.15) is 5.65 Å². The molecule has 3 heterocycles. The average Bonchev–Trinajstić information content (AvgIpc) is 2.73. The molecule has 0 radical (unpaired) electrons. The Morgan fingerprint density at radius 2 is 2.31 bits per heavy atom. The predicted octanol–water partition coefficient (Wildman–Crippen LogP) is 2.45. The molecule has 0 saturated carbocycles. The van der Waals surface area contributed by atoms with Crippen molar-refractivity contribution in [2.75, 3.05) is 13.1 Å². The van der Waals surface area contributed by atoms with Crippen molar-refractivity contribution in [3.63, 3.8) is 0 Å². The Hall–Kier alpha value is -1.06. The summed E-state index contributed by atoms with van der Waals surface area (Å²) >= 11 is 5.95. The molecular weight excluding hydrogens is 222 g/mol. The lowest BCUT2D eigenvalue weighted by molar-refractivity contribution is 0.456. The summed E-state index contributed by atoms with van der Waals surface area (Å²) in [6, 6.07) is 3.84. The first-order chi connectivity index (χ1) is 7.83. The fraction of sp³-hybridized carbons (Fsp3) is 0.417. The SMILES string of the molecule is Clc1ccc2nc(C3CCCNC3)cn2c1. The number of hydrogen-bond donors (Lipinski definition) is 1. The number of hydrogen-bond acceptors (Lipinski definition) is 2. The van der Waals surface area contributed by atoms with Crippen molar-refractivity contribution in [1.29, 1.82) is 0 Å². The number of halogens is 1. The summed E-state index contributed by atoms with van der Waals surface area (Å²) < 4.78 is 2.01. The van der Waals surface area contributed by atoms with Crippen molar-refractivity contribution >= 4 is 17.2 Å². The molecule has 84 valence electrons. The summed E-state index contributed by atoms with van der Waals surface area (Å²) in [6.07, 6.45) is 6.46. The highest BCUT2D eigenvalue weighted by molar-refractivity contribution is 6.30. The molecule has 2 aromatic rings. The van der Waals surface area contributed by atoms with Crippen molar-refractivity contribution in [3.8, 4) is 0 Å². The van der Waals surface area contributed by atoms with Crippen LogP contribution in [0.2, 0.25) is 5.02 Å². The van der Waals surface area contributed by atoms with Crippen molar-refractivity contribution in [3.05, 3.63) is 35.2 Å². The summed E-state index contributed by atoms with van der Waals surface area (Å²) in [6.45, 7) is 2.17. The second kappa shape index (κ2) is 4.07. The third-order valence-electron chi connectivity index (χ3n) is 3.15. The zero-order valence-electron chi connectivity index (χ0n) is 8.99. The Bertz CT molecular complexity index is 500. The second-order valence-corrected chi connectivity index (χ2v) is 4.76. The van der Waals surface area contributed by atoms with Gasteiger partial charge < -0.3 is 9.72 Å². The Morgan fingerprint density at radius 1 is 1.38 bits per heavy atom. The van der Waals surface area contributed by atoms with Gasteiger partial charge in [-0.05, 0) is 31.5 Å². The molecule has 16 heavy (non-hydrogen) atoms. The molecular formula is C12H14ClN3. The van der Waals surface area contributed by atoms with Crippen molar-refractivity contribution in [2.24, 2.45) is 0 Å². The third kappa shape index (κ3) is 1.81. The number of imidazole rings is 1. The molecule has 1 N–H and O–H groups in total. The molecule has 4 heteroatoms. The lowest BCUT2D eigenvalue weighted by Gasteiger charge is -2.20. The smallest absolute Gasteiger partial charge is 0.137 e. The fourth-order valence-corrected chi connectivity index (χ4v) is 2.45. The minimum absolute atomic E-state index is 0.549. The highest BCUT2D eigenvalue weighted by Crippen LogP contribution is 2.23. The summed E-state index contributed by atoms with van der Waals surface area (Å²) in [4.78, 5) is 4.64. The van der Waals surface area contributed by atoms with Gasteiger partial charge in [0.2, 0.25) is 0 Å². The molecule has 1 unspecified atom stereocenters. The molecule has 0 amide bonds. The molecule has 1 aliphatic heterocycles. The normalized spacial score (nSPS) is 21.4. The van der Waals surface area contributed by atoms with E-state index in [4.69, 9.17) is 11.6 Å². The van der Waals surface area contributed by atoms with Gasteiger partial charge in [0.15, 0.2) is 0 Å². The van der Waals surface area contributed by atoms with E-state index < -0.39 is 0 Å². The van der Waals surface area contributed by atoms with Crippen LogP contribution in [0.15, 0.2) is 24.5 Å². The minimum atomic E-state index is 0.549. The van der Waals surface area contributed by atoms with Crippen LogP contribution in [0.25, 0.3) is 5.65 Å². The van der Waals surface area contributed by atoms with Crippen LogP contribution in [0.4, 0.5) is 0 Å². The first-order valence-electron chi connectivity index (χ1n) is 5.68. The number of nitrogens with zero attached hydrogens (tertiary/aromatic N) is 2. The van der Waals surface area contributed by atoms with Crippen molar-refractivity contribution in [2.45, 2.75) is 18.8 Å². The van der Waals surface area contributed by atoms with E-state index in [1.165, 1.54) is 18.5 Å². The van der Waals surface area contributed by atoms with E-state index in [2.05, 4.69) is 16.5 Å². The van der Waals surface area contributed by atoms with Crippen molar-refractivity contribution in [1.82, 2.24) is 14.7 Å². The Kier molecular flexibility index (Phi) is 2.58. The molecule has 0 aromatic carbocycles. The maximum absolute atomic E-state index is 5.95. The van der Waals surface area contributed by atoms with Gasteiger partial charge in [0, 0.05) is 24.9 Å². The van der Waals surface area contributed by atoms with Gasteiger partial charge in [-0.1, -0.05) is 11.6 Å². The van der Waals surface area contributed by atoms with Crippen LogP contribution in [-0.2, 0) is 0 Å². The van der Waals surface area contributed by atoms with E-state index in [9.17, 15) is 0 Å². The van der Waals surface area contributed by atoms with Gasteiger partial charge >= 0.3 is 0 Å². The number of piperidine rings is 1. The zero-order chi connectivity index (χ0) is 11.0. The molecule has 0 spiro atoms. The van der Waals surface area contributed by atoms with Gasteiger partial charge in [-0.25, -0.2) is 4.98 Å². The van der Waals surface area contributed by atoms with E-state index in [0.29, 0.717) is 5.92 Å². The highest BCUT2D eigenvalue weighted by atomic mass is 35.5. The lowest BCUT2D eigenvalue weighted by Crippen LogP contribution is -2.28. The number of fused-ring (bicyclic) bond motifs is 1. The van der Waals surface area contributed by atoms with Crippen LogP contribution in [0.5, 0.6) is 0 Å². The lowest BCUT2D eigenvalue weighted by atomic mass is 9.97. The van der Waals surface area contributed by atoms with E-state index in [1.54, 1.807) is 0 Å². The maximum atomic E-state index is 5.95. The van der Waals surface area contributed by atoms with Crippen molar-refractivity contribution < 1.29 is 0 Å². The number of pyridine rings is 1. The molecule has 0 aliphatic carbocycles. The number of nitrogens with one attached hydrogen (secondary N) is 1. The first kappa shape index (κ1) is 10.1. The molecule has 1 atom stereocenters. The average molecular weight is 236 g/mol. The Balaban J connectivity index is 1.97. The Labute approximate surface area is 99.4 Å². The summed E-state index contributed by atoms with van der Waals surface area (Å²) in [5.41, 5.74) is 2.15.